The van der Waals surface area contributed by atoms with Crippen LogP contribution in [0.25, 0.3) is 0 Å². The maximum Gasteiger partial charge on any atom is 0.257 e. The predicted molar refractivity (Wildman–Crippen MR) is 87.1 cm³/mol. The molecule has 0 fully saturated rings. The van der Waals surface area contributed by atoms with Crippen LogP contribution in [0.4, 0.5) is 5.69 Å². The zero-order chi connectivity index (χ0) is 16.2. The van der Waals surface area contributed by atoms with Gasteiger partial charge in [0.05, 0.1) is 25.5 Å². The Labute approximate surface area is 134 Å². The molecule has 1 aromatic heterocycles. The van der Waals surface area contributed by atoms with Gasteiger partial charge in [0, 0.05) is 25.0 Å². The number of nitrogens with zero attached hydrogens (tertiary/aromatic N) is 1. The number of methoxy groups -OCH3 is 2. The Hall–Kier alpha value is -2.60. The molecule has 0 atom stereocenters. The van der Waals surface area contributed by atoms with E-state index >= 15 is 0 Å². The van der Waals surface area contributed by atoms with Crippen LogP contribution in [0.5, 0.6) is 11.5 Å². The highest BCUT2D eigenvalue weighted by Gasteiger charge is 2.19. The number of aromatic nitrogens is 1. The second-order valence-corrected chi connectivity index (χ2v) is 5.27. The minimum Gasteiger partial charge on any atom is -0.497 e. The van der Waals surface area contributed by atoms with Crippen LogP contribution in [0.2, 0.25) is 0 Å². The van der Waals surface area contributed by atoms with E-state index in [0.717, 1.165) is 30.6 Å². The Morgan fingerprint density at radius 1 is 1.26 bits per heavy atom. The zero-order valence-corrected chi connectivity index (χ0v) is 13.2. The van der Waals surface area contributed by atoms with Crippen LogP contribution in [-0.4, -0.2) is 31.7 Å². The number of anilines is 1. The summed E-state index contributed by atoms with van der Waals surface area (Å²) in [5.74, 6) is 1.04. The topological polar surface area (TPSA) is 72.5 Å². The Bertz CT molecular complexity index is 731. The highest BCUT2D eigenvalue weighted by atomic mass is 16.5. The van der Waals surface area contributed by atoms with Crippen LogP contribution in [0.1, 0.15) is 21.5 Å². The average Bonchev–Trinajstić information content (AvgIpc) is 2.61. The summed E-state index contributed by atoms with van der Waals surface area (Å²) in [5.41, 5.74) is 3.35. The smallest absolute Gasteiger partial charge is 0.257 e. The van der Waals surface area contributed by atoms with Gasteiger partial charge in [0.25, 0.3) is 5.91 Å². The van der Waals surface area contributed by atoms with Crippen molar-refractivity contribution in [3.63, 3.8) is 0 Å². The Morgan fingerprint density at radius 2 is 2.13 bits per heavy atom. The van der Waals surface area contributed by atoms with Crippen LogP contribution < -0.4 is 20.1 Å². The van der Waals surface area contributed by atoms with E-state index in [4.69, 9.17) is 9.47 Å². The third kappa shape index (κ3) is 3.12. The normalized spacial score (nSPS) is 13.1. The van der Waals surface area contributed by atoms with E-state index in [0.29, 0.717) is 22.7 Å². The number of benzene rings is 1. The SMILES string of the molecule is COc1ccc(NC(=O)c2cncc3c2CCNC3)c(OC)c1. The maximum atomic E-state index is 12.7. The first kappa shape index (κ1) is 15.3. The number of hydrogen-bond donors (Lipinski definition) is 2. The van der Waals surface area contributed by atoms with Crippen molar-refractivity contribution in [2.75, 3.05) is 26.1 Å². The van der Waals surface area contributed by atoms with Gasteiger partial charge in [-0.05, 0) is 36.2 Å². The van der Waals surface area contributed by atoms with Crippen LogP contribution in [0, 0.1) is 0 Å². The molecule has 1 amide bonds. The number of amides is 1. The fourth-order valence-electron chi connectivity index (χ4n) is 2.70. The number of carbonyl (C=O) groups excluding carboxylic acids is 1. The molecule has 0 unspecified atom stereocenters. The summed E-state index contributed by atoms with van der Waals surface area (Å²) in [6.07, 6.45) is 4.25. The lowest BCUT2D eigenvalue weighted by Gasteiger charge is -2.19. The first-order valence-electron chi connectivity index (χ1n) is 7.42. The summed E-state index contributed by atoms with van der Waals surface area (Å²) in [4.78, 5) is 16.8. The van der Waals surface area contributed by atoms with Crippen LogP contribution in [0.3, 0.4) is 0 Å². The molecule has 0 bridgehead atoms. The van der Waals surface area contributed by atoms with Gasteiger partial charge in [-0.3, -0.25) is 9.78 Å². The van der Waals surface area contributed by atoms with E-state index in [1.54, 1.807) is 38.6 Å². The molecule has 2 heterocycles. The quantitative estimate of drug-likeness (QED) is 0.903. The molecule has 0 radical (unpaired) electrons. The molecular formula is C17H19N3O3. The predicted octanol–water partition coefficient (Wildman–Crippen LogP) is 2.00. The maximum absolute atomic E-state index is 12.7. The van der Waals surface area contributed by atoms with E-state index in [9.17, 15) is 4.79 Å². The van der Waals surface area contributed by atoms with Crippen molar-refractivity contribution < 1.29 is 14.3 Å². The molecule has 1 aromatic carbocycles. The molecule has 2 aromatic rings. The molecule has 1 aliphatic rings. The average molecular weight is 313 g/mol. The van der Waals surface area contributed by atoms with Gasteiger partial charge in [0.15, 0.2) is 0 Å². The molecule has 0 spiro atoms. The van der Waals surface area contributed by atoms with Gasteiger partial charge in [-0.25, -0.2) is 0 Å². The first-order chi connectivity index (χ1) is 11.2. The molecule has 6 nitrogen and oxygen atoms in total. The Morgan fingerprint density at radius 3 is 2.91 bits per heavy atom. The highest BCUT2D eigenvalue weighted by Crippen LogP contribution is 2.29. The summed E-state index contributed by atoms with van der Waals surface area (Å²) in [6, 6.07) is 5.28. The number of carbonyl (C=O) groups is 1. The zero-order valence-electron chi connectivity index (χ0n) is 13.2. The van der Waals surface area contributed by atoms with Crippen LogP contribution in [-0.2, 0) is 13.0 Å². The van der Waals surface area contributed by atoms with Crippen molar-refractivity contribution in [1.29, 1.82) is 0 Å². The van der Waals surface area contributed by atoms with Crippen molar-refractivity contribution in [2.45, 2.75) is 13.0 Å². The van der Waals surface area contributed by atoms with Crippen molar-refractivity contribution in [3.05, 3.63) is 47.3 Å². The number of pyridine rings is 1. The summed E-state index contributed by atoms with van der Waals surface area (Å²) >= 11 is 0. The Balaban J connectivity index is 1.88. The van der Waals surface area contributed by atoms with E-state index in [1.165, 1.54) is 0 Å². The lowest BCUT2D eigenvalue weighted by Crippen LogP contribution is -2.27. The van der Waals surface area contributed by atoms with Gasteiger partial charge >= 0.3 is 0 Å². The number of hydrogen-bond acceptors (Lipinski definition) is 5. The second kappa shape index (κ2) is 6.66. The lowest BCUT2D eigenvalue weighted by atomic mass is 9.98. The van der Waals surface area contributed by atoms with Crippen LogP contribution in [0.15, 0.2) is 30.6 Å². The third-order valence-electron chi connectivity index (χ3n) is 3.92. The second-order valence-electron chi connectivity index (χ2n) is 5.27. The summed E-state index contributed by atoms with van der Waals surface area (Å²) in [6.45, 7) is 1.61. The largest absolute Gasteiger partial charge is 0.497 e. The molecule has 1 aliphatic heterocycles. The standard InChI is InChI=1S/C17H19N3O3/c1-22-12-3-4-15(16(7-12)23-2)20-17(21)14-10-19-9-11-8-18-6-5-13(11)14/h3-4,7,9-10,18H,5-6,8H2,1-2H3,(H,20,21). The summed E-state index contributed by atoms with van der Waals surface area (Å²) in [5, 5.41) is 6.18. The molecule has 2 N–H and O–H groups in total. The molecule has 120 valence electrons. The molecule has 3 rings (SSSR count). The number of rotatable bonds is 4. The monoisotopic (exact) mass is 313 g/mol. The summed E-state index contributed by atoms with van der Waals surface area (Å²) < 4.78 is 10.5. The van der Waals surface area contributed by atoms with Gasteiger partial charge in [0.2, 0.25) is 0 Å². The highest BCUT2D eigenvalue weighted by molar-refractivity contribution is 6.06. The van der Waals surface area contributed by atoms with Gasteiger partial charge in [0.1, 0.15) is 11.5 Å². The van der Waals surface area contributed by atoms with Crippen molar-refractivity contribution in [3.8, 4) is 11.5 Å². The molecular weight excluding hydrogens is 294 g/mol. The van der Waals surface area contributed by atoms with Crippen molar-refractivity contribution in [1.82, 2.24) is 10.3 Å². The van der Waals surface area contributed by atoms with E-state index < -0.39 is 0 Å². The van der Waals surface area contributed by atoms with Gasteiger partial charge in [-0.15, -0.1) is 0 Å². The number of nitrogens with one attached hydrogen (secondary N) is 2. The van der Waals surface area contributed by atoms with E-state index in [2.05, 4.69) is 15.6 Å². The third-order valence-corrected chi connectivity index (χ3v) is 3.92. The molecule has 6 heteroatoms. The van der Waals surface area contributed by atoms with Crippen LogP contribution >= 0.6 is 0 Å². The molecule has 0 saturated carbocycles. The number of ether oxygens (including phenoxy) is 2. The van der Waals surface area contributed by atoms with Gasteiger partial charge in [-0.2, -0.15) is 0 Å². The van der Waals surface area contributed by atoms with E-state index in [-0.39, 0.29) is 5.91 Å². The minimum absolute atomic E-state index is 0.181. The Kier molecular flexibility index (Phi) is 4.43. The number of fused-ring (bicyclic) bond motifs is 1. The minimum atomic E-state index is -0.181. The lowest BCUT2D eigenvalue weighted by molar-refractivity contribution is 0.102. The fraction of sp³-hybridized carbons (Fsp3) is 0.294. The summed E-state index contributed by atoms with van der Waals surface area (Å²) in [7, 11) is 3.14. The van der Waals surface area contributed by atoms with Gasteiger partial charge in [-0.1, -0.05) is 0 Å². The fourth-order valence-corrected chi connectivity index (χ4v) is 2.70. The van der Waals surface area contributed by atoms with E-state index in [1.807, 2.05) is 6.20 Å². The van der Waals surface area contributed by atoms with Gasteiger partial charge < -0.3 is 20.1 Å². The molecule has 0 saturated heterocycles. The van der Waals surface area contributed by atoms with Crippen molar-refractivity contribution >= 4 is 11.6 Å². The molecule has 0 aliphatic carbocycles. The van der Waals surface area contributed by atoms with Crippen molar-refractivity contribution in [2.24, 2.45) is 0 Å². The first-order valence-corrected chi connectivity index (χ1v) is 7.42. The molecule has 23 heavy (non-hydrogen) atoms.